The van der Waals surface area contributed by atoms with E-state index >= 15 is 0 Å². The van der Waals surface area contributed by atoms with E-state index in [4.69, 9.17) is 9.73 Å². The Morgan fingerprint density at radius 2 is 2.10 bits per heavy atom. The fourth-order valence-corrected chi connectivity index (χ4v) is 3.42. The topological polar surface area (TPSA) is 36.9 Å². The van der Waals surface area contributed by atoms with Crippen LogP contribution in [0.3, 0.4) is 0 Å². The monoisotopic (exact) mass is 293 g/mol. The van der Waals surface area contributed by atoms with Gasteiger partial charge in [0.05, 0.1) is 23.8 Å². The molecule has 4 rings (SSSR count). The first-order valence-electron chi connectivity index (χ1n) is 6.99. The van der Waals surface area contributed by atoms with Crippen molar-refractivity contribution >= 4 is 29.2 Å². The summed E-state index contributed by atoms with van der Waals surface area (Å²) in [4.78, 5) is 7.80. The molecule has 0 aromatic heterocycles. The Morgan fingerprint density at radius 1 is 1.30 bits per heavy atom. The van der Waals surface area contributed by atoms with Gasteiger partial charge in [-0.2, -0.15) is 0 Å². The van der Waals surface area contributed by atoms with Crippen molar-refractivity contribution in [1.82, 2.24) is 4.72 Å². The highest BCUT2D eigenvalue weighted by Gasteiger charge is 2.31. The highest BCUT2D eigenvalue weighted by Crippen LogP contribution is 2.43. The van der Waals surface area contributed by atoms with E-state index in [1.165, 1.54) is 24.8 Å². The molecule has 1 aromatic carbocycles. The quantitative estimate of drug-likeness (QED) is 0.851. The molecule has 2 aliphatic heterocycles. The normalized spacial score (nSPS) is 22.1. The third-order valence-electron chi connectivity index (χ3n) is 3.83. The van der Waals surface area contributed by atoms with Crippen LogP contribution in [-0.2, 0) is 4.74 Å². The van der Waals surface area contributed by atoms with Crippen LogP contribution >= 0.6 is 11.9 Å². The van der Waals surface area contributed by atoms with Crippen molar-refractivity contribution < 1.29 is 9.13 Å². The summed E-state index contributed by atoms with van der Waals surface area (Å²) >= 11 is 1.48. The predicted octanol–water partition coefficient (Wildman–Crippen LogP) is 2.71. The summed E-state index contributed by atoms with van der Waals surface area (Å²) in [5.74, 6) is 1.41. The summed E-state index contributed by atoms with van der Waals surface area (Å²) in [5, 5.41) is 0. The lowest BCUT2D eigenvalue weighted by molar-refractivity contribution is 0.122. The molecule has 0 radical (unpaired) electrons. The average molecular weight is 293 g/mol. The number of fused-ring (bicyclic) bond motifs is 1. The number of hydrogen-bond donors (Lipinski definition) is 1. The van der Waals surface area contributed by atoms with Crippen LogP contribution in [0.2, 0.25) is 0 Å². The Hall–Kier alpha value is -1.27. The number of halogens is 1. The second-order valence-electron chi connectivity index (χ2n) is 5.35. The SMILES string of the molecule is Fc1cc2c(c(N3CCOCC3)c1)N=C(C1CC1)NS2. The van der Waals surface area contributed by atoms with Gasteiger partial charge < -0.3 is 14.4 Å². The first-order valence-corrected chi connectivity index (χ1v) is 7.80. The second-order valence-corrected chi connectivity index (χ2v) is 6.19. The van der Waals surface area contributed by atoms with E-state index in [1.807, 2.05) is 0 Å². The van der Waals surface area contributed by atoms with Gasteiger partial charge in [0.15, 0.2) is 0 Å². The van der Waals surface area contributed by atoms with Crippen molar-refractivity contribution in [2.75, 3.05) is 31.2 Å². The minimum Gasteiger partial charge on any atom is -0.378 e. The van der Waals surface area contributed by atoms with Gasteiger partial charge in [0.2, 0.25) is 0 Å². The molecular weight excluding hydrogens is 277 g/mol. The van der Waals surface area contributed by atoms with Crippen molar-refractivity contribution in [3.05, 3.63) is 17.9 Å². The van der Waals surface area contributed by atoms with Crippen molar-refractivity contribution in [1.29, 1.82) is 0 Å². The minimum atomic E-state index is -0.204. The van der Waals surface area contributed by atoms with Crippen molar-refractivity contribution in [3.63, 3.8) is 0 Å². The molecule has 1 saturated heterocycles. The Bertz CT molecular complexity index is 568. The lowest BCUT2D eigenvalue weighted by atomic mass is 10.2. The highest BCUT2D eigenvalue weighted by atomic mass is 32.2. The van der Waals surface area contributed by atoms with E-state index in [-0.39, 0.29) is 5.82 Å². The van der Waals surface area contributed by atoms with Gasteiger partial charge in [-0.05, 0) is 36.9 Å². The molecule has 1 aromatic rings. The molecule has 106 valence electrons. The molecule has 4 nitrogen and oxygen atoms in total. The molecule has 0 amide bonds. The zero-order valence-corrected chi connectivity index (χ0v) is 11.9. The fraction of sp³-hybridized carbons (Fsp3) is 0.500. The zero-order valence-electron chi connectivity index (χ0n) is 11.1. The Kier molecular flexibility index (Phi) is 3.07. The van der Waals surface area contributed by atoms with E-state index in [2.05, 4.69) is 9.62 Å². The molecule has 0 bridgehead atoms. The summed E-state index contributed by atoms with van der Waals surface area (Å²) in [5.41, 5.74) is 1.81. The van der Waals surface area contributed by atoms with Gasteiger partial charge >= 0.3 is 0 Å². The molecule has 2 heterocycles. The van der Waals surface area contributed by atoms with Crippen LogP contribution in [0, 0.1) is 11.7 Å². The van der Waals surface area contributed by atoms with Gasteiger partial charge in [-0.15, -0.1) is 0 Å². The standard InChI is InChI=1S/C14H16FN3OS/c15-10-7-11(18-3-5-19-6-4-18)13-12(8-10)20-17-14(16-13)9-1-2-9/h7-9H,1-6H2,(H,16,17). The highest BCUT2D eigenvalue weighted by molar-refractivity contribution is 7.98. The van der Waals surface area contributed by atoms with Gasteiger partial charge in [-0.1, -0.05) is 0 Å². The van der Waals surface area contributed by atoms with Gasteiger partial charge in [0, 0.05) is 19.0 Å². The average Bonchev–Trinajstić information content (AvgIpc) is 3.31. The molecule has 0 spiro atoms. The smallest absolute Gasteiger partial charge is 0.126 e. The number of nitrogens with one attached hydrogen (secondary N) is 1. The molecule has 1 N–H and O–H groups in total. The molecule has 0 atom stereocenters. The minimum absolute atomic E-state index is 0.204. The van der Waals surface area contributed by atoms with Gasteiger partial charge in [0.1, 0.15) is 17.3 Å². The molecule has 20 heavy (non-hydrogen) atoms. The zero-order chi connectivity index (χ0) is 13.5. The van der Waals surface area contributed by atoms with Crippen molar-refractivity contribution in [3.8, 4) is 0 Å². The van der Waals surface area contributed by atoms with Crippen LogP contribution in [0.4, 0.5) is 15.8 Å². The Balaban J connectivity index is 1.76. The van der Waals surface area contributed by atoms with E-state index in [1.54, 1.807) is 12.1 Å². The summed E-state index contributed by atoms with van der Waals surface area (Å²) in [7, 11) is 0. The maximum Gasteiger partial charge on any atom is 0.126 e. The first kappa shape index (κ1) is 12.5. The van der Waals surface area contributed by atoms with E-state index in [0.29, 0.717) is 19.1 Å². The molecule has 1 saturated carbocycles. The fourth-order valence-electron chi connectivity index (χ4n) is 2.58. The van der Waals surface area contributed by atoms with Crippen molar-refractivity contribution in [2.24, 2.45) is 10.9 Å². The number of rotatable bonds is 2. The molecule has 6 heteroatoms. The van der Waals surface area contributed by atoms with E-state index in [0.717, 1.165) is 35.2 Å². The number of aliphatic imine (C=N–C) groups is 1. The van der Waals surface area contributed by atoms with Crippen LogP contribution in [-0.4, -0.2) is 32.1 Å². The number of benzene rings is 1. The number of morpholine rings is 1. The number of hydrogen-bond acceptors (Lipinski definition) is 5. The van der Waals surface area contributed by atoms with Crippen LogP contribution < -0.4 is 9.62 Å². The predicted molar refractivity (Wildman–Crippen MR) is 78.2 cm³/mol. The number of amidine groups is 1. The van der Waals surface area contributed by atoms with Gasteiger partial charge in [0.25, 0.3) is 0 Å². The first-order chi connectivity index (χ1) is 9.81. The Morgan fingerprint density at radius 3 is 2.85 bits per heavy atom. The number of nitrogens with zero attached hydrogens (tertiary/aromatic N) is 2. The van der Waals surface area contributed by atoms with Crippen molar-refractivity contribution in [2.45, 2.75) is 17.7 Å². The summed E-state index contributed by atoms with van der Waals surface area (Å²) < 4.78 is 22.5. The number of ether oxygens (including phenoxy) is 1. The lowest BCUT2D eigenvalue weighted by Gasteiger charge is -2.31. The summed E-state index contributed by atoms with van der Waals surface area (Å²) in [6, 6.07) is 3.16. The molecule has 2 fully saturated rings. The van der Waals surface area contributed by atoms with Gasteiger partial charge in [-0.3, -0.25) is 0 Å². The maximum absolute atomic E-state index is 13.8. The molecule has 3 aliphatic rings. The number of anilines is 1. The largest absolute Gasteiger partial charge is 0.378 e. The lowest BCUT2D eigenvalue weighted by Crippen LogP contribution is -2.36. The van der Waals surface area contributed by atoms with E-state index in [9.17, 15) is 4.39 Å². The van der Waals surface area contributed by atoms with Crippen LogP contribution in [0.15, 0.2) is 22.0 Å². The second kappa shape index (κ2) is 4.93. The summed E-state index contributed by atoms with van der Waals surface area (Å²) in [6.07, 6.45) is 2.41. The van der Waals surface area contributed by atoms with Gasteiger partial charge in [-0.25, -0.2) is 9.38 Å². The molecule has 1 aliphatic carbocycles. The van der Waals surface area contributed by atoms with Crippen LogP contribution in [0.5, 0.6) is 0 Å². The Labute approximate surface area is 121 Å². The van der Waals surface area contributed by atoms with Crippen LogP contribution in [0.25, 0.3) is 0 Å². The third-order valence-corrected chi connectivity index (χ3v) is 4.68. The third kappa shape index (κ3) is 2.27. The van der Waals surface area contributed by atoms with E-state index < -0.39 is 0 Å². The summed E-state index contributed by atoms with van der Waals surface area (Å²) in [6.45, 7) is 2.97. The molecule has 0 unspecified atom stereocenters. The molecular formula is C14H16FN3OS. The maximum atomic E-state index is 13.8. The van der Waals surface area contributed by atoms with Crippen LogP contribution in [0.1, 0.15) is 12.8 Å².